The average Bonchev–Trinajstić information content (AvgIpc) is 3.20. The highest BCUT2D eigenvalue weighted by Crippen LogP contribution is 2.27. The van der Waals surface area contributed by atoms with Crippen molar-refractivity contribution in [3.63, 3.8) is 0 Å². The second kappa shape index (κ2) is 11.9. The molecule has 0 unspecified atom stereocenters. The zero-order chi connectivity index (χ0) is 25.7. The van der Waals surface area contributed by atoms with Crippen LogP contribution in [0.25, 0.3) is 0 Å². The number of anilines is 1. The first-order valence-electron chi connectivity index (χ1n) is 11.6. The van der Waals surface area contributed by atoms with Crippen molar-refractivity contribution >= 4 is 45.2 Å². The molecule has 3 aromatic rings. The van der Waals surface area contributed by atoms with Gasteiger partial charge in [-0.1, -0.05) is 59.2 Å². The summed E-state index contributed by atoms with van der Waals surface area (Å²) in [6.45, 7) is 12.6. The Balaban J connectivity index is 1.73. The van der Waals surface area contributed by atoms with Crippen LogP contribution in [0.3, 0.4) is 0 Å². The first-order valence-corrected chi connectivity index (χ1v) is 13.4. The molecule has 3 rings (SSSR count). The molecular formula is C26H32BrN5O2S. The molecule has 35 heavy (non-hydrogen) atoms. The summed E-state index contributed by atoms with van der Waals surface area (Å²) in [7, 11) is 0. The van der Waals surface area contributed by atoms with Crippen molar-refractivity contribution in [1.82, 2.24) is 20.1 Å². The first kappa shape index (κ1) is 26.9. The zero-order valence-corrected chi connectivity index (χ0v) is 23.4. The Morgan fingerprint density at radius 3 is 2.37 bits per heavy atom. The van der Waals surface area contributed by atoms with Crippen LogP contribution in [0.5, 0.6) is 0 Å². The number of benzene rings is 2. The Kier molecular flexibility index (Phi) is 9.13. The lowest BCUT2D eigenvalue weighted by Gasteiger charge is -2.22. The molecule has 1 heterocycles. The average molecular weight is 559 g/mol. The van der Waals surface area contributed by atoms with Crippen LogP contribution in [0, 0.1) is 26.7 Å². The summed E-state index contributed by atoms with van der Waals surface area (Å²) in [5, 5.41) is 15.6. The predicted molar refractivity (Wildman–Crippen MR) is 145 cm³/mol. The van der Waals surface area contributed by atoms with E-state index < -0.39 is 0 Å². The summed E-state index contributed by atoms with van der Waals surface area (Å²) >= 11 is 4.82. The van der Waals surface area contributed by atoms with E-state index >= 15 is 0 Å². The third-order valence-electron chi connectivity index (χ3n) is 5.67. The zero-order valence-electron chi connectivity index (χ0n) is 21.0. The van der Waals surface area contributed by atoms with Gasteiger partial charge in [-0.25, -0.2) is 0 Å². The van der Waals surface area contributed by atoms with E-state index in [0.717, 1.165) is 26.9 Å². The van der Waals surface area contributed by atoms with Gasteiger partial charge in [0.15, 0.2) is 11.0 Å². The molecule has 0 aliphatic rings. The van der Waals surface area contributed by atoms with Crippen molar-refractivity contribution < 1.29 is 9.59 Å². The van der Waals surface area contributed by atoms with Crippen molar-refractivity contribution in [3.8, 4) is 0 Å². The highest BCUT2D eigenvalue weighted by atomic mass is 79.9. The number of thioether (sulfide) groups is 1. The maximum Gasteiger partial charge on any atom is 0.251 e. The van der Waals surface area contributed by atoms with Crippen molar-refractivity contribution in [2.45, 2.75) is 59.3 Å². The SMILES string of the molecule is CCn1c(SCC(=O)Nc2c(C)cc(Br)cc2C)nnc1[C@@H](NC(=O)c1cccc(C)c1)C(C)C. The maximum atomic E-state index is 12.9. The van der Waals surface area contributed by atoms with Crippen LogP contribution >= 0.6 is 27.7 Å². The van der Waals surface area contributed by atoms with Gasteiger partial charge in [0.1, 0.15) is 0 Å². The van der Waals surface area contributed by atoms with E-state index in [9.17, 15) is 9.59 Å². The molecule has 0 saturated heterocycles. The molecule has 1 aromatic heterocycles. The third kappa shape index (κ3) is 6.73. The molecule has 0 aliphatic heterocycles. The first-order chi connectivity index (χ1) is 16.6. The Labute approximate surface area is 219 Å². The highest BCUT2D eigenvalue weighted by Gasteiger charge is 2.26. The minimum atomic E-state index is -0.313. The Bertz CT molecular complexity index is 1200. The van der Waals surface area contributed by atoms with Gasteiger partial charge in [-0.3, -0.25) is 9.59 Å². The molecule has 2 N–H and O–H groups in total. The van der Waals surface area contributed by atoms with Crippen LogP contribution in [0.4, 0.5) is 5.69 Å². The summed E-state index contributed by atoms with van der Waals surface area (Å²) in [6, 6.07) is 11.2. The molecule has 1 atom stereocenters. The molecule has 0 aliphatic carbocycles. The van der Waals surface area contributed by atoms with Crippen LogP contribution in [0.15, 0.2) is 46.0 Å². The molecule has 2 aromatic carbocycles. The van der Waals surface area contributed by atoms with Crippen LogP contribution in [0.2, 0.25) is 0 Å². The number of halogens is 1. The lowest BCUT2D eigenvalue weighted by atomic mass is 10.0. The van der Waals surface area contributed by atoms with Gasteiger partial charge in [-0.2, -0.15) is 0 Å². The molecular weight excluding hydrogens is 526 g/mol. The van der Waals surface area contributed by atoms with Gasteiger partial charge in [0.2, 0.25) is 5.91 Å². The van der Waals surface area contributed by atoms with Gasteiger partial charge in [-0.15, -0.1) is 10.2 Å². The number of hydrogen-bond donors (Lipinski definition) is 2. The summed E-state index contributed by atoms with van der Waals surface area (Å²) in [5.74, 6) is 0.735. The molecule has 2 amide bonds. The lowest BCUT2D eigenvalue weighted by molar-refractivity contribution is -0.113. The van der Waals surface area contributed by atoms with Crippen molar-refractivity contribution in [3.05, 3.63) is 68.9 Å². The topological polar surface area (TPSA) is 88.9 Å². The summed E-state index contributed by atoms with van der Waals surface area (Å²) in [6.07, 6.45) is 0. The Morgan fingerprint density at radius 1 is 1.09 bits per heavy atom. The van der Waals surface area contributed by atoms with Crippen molar-refractivity contribution in [2.75, 3.05) is 11.1 Å². The number of aryl methyl sites for hydroxylation is 3. The molecule has 9 heteroatoms. The van der Waals surface area contributed by atoms with Crippen molar-refractivity contribution in [1.29, 1.82) is 0 Å². The number of aromatic nitrogens is 3. The Hall–Kier alpha value is -2.65. The van der Waals surface area contributed by atoms with Crippen LogP contribution < -0.4 is 10.6 Å². The highest BCUT2D eigenvalue weighted by molar-refractivity contribution is 9.10. The van der Waals surface area contributed by atoms with Gasteiger partial charge in [0, 0.05) is 22.3 Å². The molecule has 0 spiro atoms. The van der Waals surface area contributed by atoms with Crippen molar-refractivity contribution in [2.24, 2.45) is 5.92 Å². The lowest BCUT2D eigenvalue weighted by Crippen LogP contribution is -2.33. The van der Waals surface area contributed by atoms with Crippen LogP contribution in [0.1, 0.15) is 59.7 Å². The van der Waals surface area contributed by atoms with Gasteiger partial charge >= 0.3 is 0 Å². The number of carbonyl (C=O) groups excluding carboxylic acids is 2. The van der Waals surface area contributed by atoms with E-state index in [2.05, 4.69) is 36.8 Å². The number of carbonyl (C=O) groups is 2. The van der Waals surface area contributed by atoms with E-state index in [1.807, 2.05) is 76.4 Å². The van der Waals surface area contributed by atoms with Crippen LogP contribution in [-0.2, 0) is 11.3 Å². The van der Waals surface area contributed by atoms with Gasteiger partial charge < -0.3 is 15.2 Å². The number of nitrogens with zero attached hydrogens (tertiary/aromatic N) is 3. The third-order valence-corrected chi connectivity index (χ3v) is 7.09. The minimum Gasteiger partial charge on any atom is -0.342 e. The number of rotatable bonds is 9. The fourth-order valence-electron chi connectivity index (χ4n) is 3.89. The number of amides is 2. The summed E-state index contributed by atoms with van der Waals surface area (Å²) < 4.78 is 2.95. The molecule has 186 valence electrons. The minimum absolute atomic E-state index is 0.0998. The fourth-order valence-corrected chi connectivity index (χ4v) is 5.38. The monoisotopic (exact) mass is 557 g/mol. The van der Waals surface area contributed by atoms with E-state index in [1.165, 1.54) is 11.8 Å². The van der Waals surface area contributed by atoms with E-state index in [1.54, 1.807) is 6.07 Å². The van der Waals surface area contributed by atoms with Gasteiger partial charge in [0.05, 0.1) is 11.8 Å². The second-order valence-corrected chi connectivity index (χ2v) is 10.8. The second-order valence-electron chi connectivity index (χ2n) is 8.90. The number of nitrogens with one attached hydrogen (secondary N) is 2. The van der Waals surface area contributed by atoms with E-state index in [-0.39, 0.29) is 29.5 Å². The predicted octanol–water partition coefficient (Wildman–Crippen LogP) is 5.84. The normalized spacial score (nSPS) is 12.0. The maximum absolute atomic E-state index is 12.9. The van der Waals surface area contributed by atoms with E-state index in [4.69, 9.17) is 0 Å². The molecule has 7 nitrogen and oxygen atoms in total. The quantitative estimate of drug-likeness (QED) is 0.322. The smallest absolute Gasteiger partial charge is 0.251 e. The molecule has 0 radical (unpaired) electrons. The standard InChI is InChI=1S/C26H32BrN5O2S/c1-7-32-24(22(15(2)3)29-25(34)19-10-8-9-16(4)11-19)30-31-26(32)35-14-21(33)28-23-17(5)12-20(27)13-18(23)6/h8-13,15,22H,7,14H2,1-6H3,(H,28,33)(H,29,34)/t22-/m0/s1. The largest absolute Gasteiger partial charge is 0.342 e. The summed E-state index contributed by atoms with van der Waals surface area (Å²) in [4.78, 5) is 25.6. The molecule has 0 saturated carbocycles. The fraction of sp³-hybridized carbons (Fsp3) is 0.385. The Morgan fingerprint density at radius 2 is 1.77 bits per heavy atom. The number of hydrogen-bond acceptors (Lipinski definition) is 5. The van der Waals surface area contributed by atoms with Gasteiger partial charge in [-0.05, 0) is 69.0 Å². The van der Waals surface area contributed by atoms with Crippen LogP contribution in [-0.4, -0.2) is 32.3 Å². The summed E-state index contributed by atoms with van der Waals surface area (Å²) in [5.41, 5.74) is 4.47. The van der Waals surface area contributed by atoms with E-state index in [0.29, 0.717) is 23.1 Å². The molecule has 0 fully saturated rings. The van der Waals surface area contributed by atoms with Gasteiger partial charge in [0.25, 0.3) is 5.91 Å². The molecule has 0 bridgehead atoms.